The molecule has 2 aromatic rings. The maximum atomic E-state index is 13.5. The third kappa shape index (κ3) is 3.12. The maximum Gasteiger partial charge on any atom is 0.325 e. The van der Waals surface area contributed by atoms with Crippen LogP contribution in [0.4, 0.5) is 5.69 Å². The minimum absolute atomic E-state index is 0.163. The lowest BCUT2D eigenvalue weighted by molar-refractivity contribution is -0.154. The molecule has 4 N–H and O–H groups in total. The molecule has 32 heavy (non-hydrogen) atoms. The average Bonchev–Trinajstić information content (AvgIpc) is 3.19. The van der Waals surface area contributed by atoms with Gasteiger partial charge in [0.1, 0.15) is 11.3 Å². The number of amides is 2. The molecular formula is C22H19ClN2O7. The van der Waals surface area contributed by atoms with Crippen LogP contribution in [-0.4, -0.2) is 44.6 Å². The first-order valence-electron chi connectivity index (χ1n) is 9.73. The van der Waals surface area contributed by atoms with Gasteiger partial charge < -0.3 is 15.3 Å². The van der Waals surface area contributed by atoms with Crippen LogP contribution >= 0.6 is 11.6 Å². The fourth-order valence-electron chi connectivity index (χ4n) is 4.67. The van der Waals surface area contributed by atoms with Gasteiger partial charge in [-0.2, -0.15) is 0 Å². The van der Waals surface area contributed by atoms with Crippen LogP contribution in [0.1, 0.15) is 23.6 Å². The van der Waals surface area contributed by atoms with Gasteiger partial charge in [0.05, 0.1) is 23.9 Å². The van der Waals surface area contributed by atoms with Crippen LogP contribution in [0.25, 0.3) is 0 Å². The van der Waals surface area contributed by atoms with Crippen molar-refractivity contribution in [3.63, 3.8) is 0 Å². The smallest absolute Gasteiger partial charge is 0.325 e. The van der Waals surface area contributed by atoms with Gasteiger partial charge in [0.25, 0.3) is 0 Å². The second kappa shape index (κ2) is 7.61. The van der Waals surface area contributed by atoms with Gasteiger partial charge >= 0.3 is 11.9 Å². The number of nitrogens with zero attached hydrogens (tertiary/aromatic N) is 1. The minimum Gasteiger partial charge on any atom is -0.508 e. The third-order valence-electron chi connectivity index (χ3n) is 6.15. The zero-order valence-corrected chi connectivity index (χ0v) is 17.5. The summed E-state index contributed by atoms with van der Waals surface area (Å²) in [6.45, 7) is 1.74. The Morgan fingerprint density at radius 1 is 1.12 bits per heavy atom. The van der Waals surface area contributed by atoms with Crippen molar-refractivity contribution >= 4 is 41.0 Å². The van der Waals surface area contributed by atoms with Gasteiger partial charge in [-0.3, -0.25) is 24.5 Å². The summed E-state index contributed by atoms with van der Waals surface area (Å²) < 4.78 is 0. The molecule has 0 saturated carbocycles. The largest absolute Gasteiger partial charge is 0.508 e. The van der Waals surface area contributed by atoms with Gasteiger partial charge in [-0.1, -0.05) is 35.9 Å². The standard InChI is InChI=1S/C22H19ClN2O7/c1-10-6-7-11(8-13(10)23)25-19(29)16-17(20(25)30)22(21(31)32,9-15(27)28)24-18(16)12-4-2-3-5-14(12)26/h2-8,16-18,24,26H,9H2,1H3,(H,27,28)(H,31,32). The number of hydrogen-bond acceptors (Lipinski definition) is 6. The van der Waals surface area contributed by atoms with Crippen LogP contribution in [0.3, 0.4) is 0 Å². The van der Waals surface area contributed by atoms with Crippen LogP contribution in [0.5, 0.6) is 5.75 Å². The molecule has 2 heterocycles. The van der Waals surface area contributed by atoms with Gasteiger partial charge in [0.15, 0.2) is 0 Å². The summed E-state index contributed by atoms with van der Waals surface area (Å²) in [6.07, 6.45) is -0.935. The number of imide groups is 1. The molecule has 9 nitrogen and oxygen atoms in total. The molecule has 4 rings (SSSR count). The van der Waals surface area contributed by atoms with Crippen LogP contribution in [0.15, 0.2) is 42.5 Å². The zero-order chi connectivity index (χ0) is 23.4. The number of halogens is 1. The first-order valence-corrected chi connectivity index (χ1v) is 10.1. The number of carbonyl (C=O) groups is 4. The maximum absolute atomic E-state index is 13.5. The molecule has 4 atom stereocenters. The van der Waals surface area contributed by atoms with E-state index in [9.17, 15) is 34.5 Å². The van der Waals surface area contributed by atoms with E-state index < -0.39 is 53.6 Å². The normalized spacial score (nSPS) is 26.9. The second-order valence-corrected chi connectivity index (χ2v) is 8.38. The van der Waals surface area contributed by atoms with Crippen molar-refractivity contribution in [3.05, 3.63) is 58.6 Å². The highest BCUT2D eigenvalue weighted by Gasteiger charge is 2.69. The first kappa shape index (κ1) is 21.8. The van der Waals surface area contributed by atoms with Crippen molar-refractivity contribution < 1.29 is 34.5 Å². The van der Waals surface area contributed by atoms with E-state index in [2.05, 4.69) is 5.32 Å². The van der Waals surface area contributed by atoms with Gasteiger partial charge in [0.2, 0.25) is 11.8 Å². The number of fused-ring (bicyclic) bond motifs is 1. The molecule has 0 spiro atoms. The summed E-state index contributed by atoms with van der Waals surface area (Å²) in [7, 11) is 0. The van der Waals surface area contributed by atoms with Crippen molar-refractivity contribution in [3.8, 4) is 5.75 Å². The summed E-state index contributed by atoms with van der Waals surface area (Å²) in [5.74, 6) is -7.52. The number of hydrogen-bond donors (Lipinski definition) is 4. The van der Waals surface area contributed by atoms with Crippen molar-refractivity contribution in [2.75, 3.05) is 4.90 Å². The fraction of sp³-hybridized carbons (Fsp3) is 0.273. The number of carbonyl (C=O) groups excluding carboxylic acids is 2. The summed E-state index contributed by atoms with van der Waals surface area (Å²) in [5, 5.41) is 32.9. The van der Waals surface area contributed by atoms with Crippen LogP contribution in [-0.2, 0) is 19.2 Å². The minimum atomic E-state index is -2.25. The first-order chi connectivity index (χ1) is 15.1. The van der Waals surface area contributed by atoms with E-state index in [4.69, 9.17) is 11.6 Å². The predicted molar refractivity (Wildman–Crippen MR) is 112 cm³/mol. The Labute approximate surface area is 187 Å². The molecule has 2 aliphatic rings. The van der Waals surface area contributed by atoms with Gasteiger partial charge in [-0.05, 0) is 30.7 Å². The highest BCUT2D eigenvalue weighted by molar-refractivity contribution is 6.32. The summed E-state index contributed by atoms with van der Waals surface area (Å²) in [6, 6.07) is 9.45. The molecule has 10 heteroatoms. The molecule has 2 amide bonds. The van der Waals surface area contributed by atoms with E-state index in [1.807, 2.05) is 0 Å². The van der Waals surface area contributed by atoms with E-state index in [-0.39, 0.29) is 17.0 Å². The Hall–Kier alpha value is -3.43. The lowest BCUT2D eigenvalue weighted by atomic mass is 9.77. The van der Waals surface area contributed by atoms with Gasteiger partial charge in [0, 0.05) is 16.6 Å². The Morgan fingerprint density at radius 3 is 2.41 bits per heavy atom. The molecule has 0 aromatic heterocycles. The Morgan fingerprint density at radius 2 is 1.81 bits per heavy atom. The van der Waals surface area contributed by atoms with Crippen LogP contribution < -0.4 is 10.2 Å². The van der Waals surface area contributed by atoms with Crippen LogP contribution in [0, 0.1) is 18.8 Å². The van der Waals surface area contributed by atoms with Crippen LogP contribution in [0.2, 0.25) is 5.02 Å². The topological polar surface area (TPSA) is 144 Å². The SMILES string of the molecule is Cc1ccc(N2C(=O)C3C(c4ccccc4O)NC(CC(=O)O)(C(=O)O)C3C2=O)cc1Cl. The number of benzene rings is 2. The van der Waals surface area contributed by atoms with Gasteiger partial charge in [-0.25, -0.2) is 4.90 Å². The summed E-state index contributed by atoms with van der Waals surface area (Å²) in [4.78, 5) is 51.8. The Bertz CT molecular complexity index is 1170. The fourth-order valence-corrected chi connectivity index (χ4v) is 4.84. The highest BCUT2D eigenvalue weighted by atomic mass is 35.5. The number of para-hydroxylation sites is 1. The number of phenols is 1. The molecule has 2 aromatic carbocycles. The van der Waals surface area contributed by atoms with E-state index in [0.29, 0.717) is 10.6 Å². The number of carboxylic acid groups (broad SMARTS) is 2. The number of nitrogens with one attached hydrogen (secondary N) is 1. The number of aromatic hydroxyl groups is 1. The van der Waals surface area contributed by atoms with Crippen molar-refractivity contribution in [2.24, 2.45) is 11.8 Å². The highest BCUT2D eigenvalue weighted by Crippen LogP contribution is 2.52. The monoisotopic (exact) mass is 458 g/mol. The molecule has 0 aliphatic carbocycles. The molecule has 0 bridgehead atoms. The molecule has 166 valence electrons. The average molecular weight is 459 g/mol. The molecule has 2 aliphatic heterocycles. The van der Waals surface area contributed by atoms with Crippen molar-refractivity contribution in [1.82, 2.24) is 5.32 Å². The number of rotatable bonds is 5. The van der Waals surface area contributed by atoms with E-state index in [1.165, 1.54) is 24.3 Å². The number of phenolic OH excluding ortho intramolecular Hbond substituents is 1. The lowest BCUT2D eigenvalue weighted by Gasteiger charge is -2.30. The molecule has 2 saturated heterocycles. The second-order valence-electron chi connectivity index (χ2n) is 7.98. The van der Waals surface area contributed by atoms with Crippen molar-refractivity contribution in [1.29, 1.82) is 0 Å². The van der Waals surface area contributed by atoms with Crippen molar-refractivity contribution in [2.45, 2.75) is 24.9 Å². The molecular weight excluding hydrogens is 440 g/mol. The molecule has 0 radical (unpaired) electrons. The molecule has 2 fully saturated rings. The lowest BCUT2D eigenvalue weighted by Crippen LogP contribution is -2.57. The predicted octanol–water partition coefficient (Wildman–Crippen LogP) is 2.10. The Kier molecular flexibility index (Phi) is 5.18. The summed E-state index contributed by atoms with van der Waals surface area (Å²) in [5.41, 5.74) is -1.18. The number of anilines is 1. The number of carboxylic acids is 2. The number of aryl methyl sites for hydroxylation is 1. The zero-order valence-electron chi connectivity index (χ0n) is 16.8. The quantitative estimate of drug-likeness (QED) is 0.498. The van der Waals surface area contributed by atoms with E-state index >= 15 is 0 Å². The van der Waals surface area contributed by atoms with E-state index in [1.54, 1.807) is 25.1 Å². The van der Waals surface area contributed by atoms with Gasteiger partial charge in [-0.15, -0.1) is 0 Å². The van der Waals surface area contributed by atoms with E-state index in [0.717, 1.165) is 4.90 Å². The number of aliphatic carboxylic acids is 2. The third-order valence-corrected chi connectivity index (χ3v) is 6.56. The summed E-state index contributed by atoms with van der Waals surface area (Å²) >= 11 is 6.16. The Balaban J connectivity index is 1.90. The molecule has 4 unspecified atom stereocenters.